The van der Waals surface area contributed by atoms with Crippen molar-refractivity contribution in [3.63, 3.8) is 0 Å². The van der Waals surface area contributed by atoms with E-state index in [1.807, 2.05) is 30.3 Å². The Balaban J connectivity index is 2.27. The summed E-state index contributed by atoms with van der Waals surface area (Å²) in [4.78, 5) is 8.67. The number of nitrogens with one attached hydrogen (secondary N) is 1. The van der Waals surface area contributed by atoms with Crippen molar-refractivity contribution in [3.8, 4) is 0 Å². The number of nitrogens with zero attached hydrogens (tertiary/aromatic N) is 2. The lowest BCUT2D eigenvalue weighted by Gasteiger charge is -2.11. The average Bonchev–Trinajstić information content (AvgIpc) is 2.60. The van der Waals surface area contributed by atoms with E-state index in [-0.39, 0.29) is 0 Å². The highest BCUT2D eigenvalue weighted by Gasteiger charge is 2.07. The Kier molecular flexibility index (Phi) is 6.78. The van der Waals surface area contributed by atoms with Crippen molar-refractivity contribution in [1.29, 1.82) is 0 Å². The zero-order valence-electron chi connectivity index (χ0n) is 13.8. The van der Waals surface area contributed by atoms with Crippen LogP contribution in [-0.4, -0.2) is 9.97 Å². The molecule has 1 heterocycles. The molecule has 0 atom stereocenters. The molecule has 2 aromatic rings. The second kappa shape index (κ2) is 9.05. The van der Waals surface area contributed by atoms with Crippen LogP contribution in [0.15, 0.2) is 67.5 Å². The molecule has 2 rings (SSSR count). The molecule has 1 aromatic carbocycles. The number of aromatic nitrogens is 2. The smallest absolute Gasteiger partial charge is 0.134 e. The first-order chi connectivity index (χ1) is 11.7. The van der Waals surface area contributed by atoms with Crippen LogP contribution in [0.1, 0.15) is 24.6 Å². The second-order valence-electron chi connectivity index (χ2n) is 5.20. The van der Waals surface area contributed by atoms with Crippen LogP contribution in [0.4, 0.5) is 11.5 Å². The van der Waals surface area contributed by atoms with Gasteiger partial charge in [-0.2, -0.15) is 0 Å². The fourth-order valence-corrected chi connectivity index (χ4v) is 2.62. The molecule has 0 unspecified atom stereocenters. The number of hydrogen-bond acceptors (Lipinski definition) is 5. The molecule has 0 bridgehead atoms. The molecular formula is C19H22N4S. The summed E-state index contributed by atoms with van der Waals surface area (Å²) in [6.45, 7) is 9.94. The SMILES string of the molecule is C=C/C=C(\C(=C)CC)c1cc(Nc2cccc(CSN)c2)ncn1. The maximum Gasteiger partial charge on any atom is 0.134 e. The molecule has 0 saturated carbocycles. The van der Waals surface area contributed by atoms with E-state index in [1.165, 1.54) is 11.9 Å². The Morgan fingerprint density at radius 3 is 2.88 bits per heavy atom. The van der Waals surface area contributed by atoms with Crippen molar-refractivity contribution in [1.82, 2.24) is 9.97 Å². The predicted molar refractivity (Wildman–Crippen MR) is 105 cm³/mol. The van der Waals surface area contributed by atoms with Crippen LogP contribution in [0.5, 0.6) is 0 Å². The van der Waals surface area contributed by atoms with Gasteiger partial charge in [-0.3, -0.25) is 5.14 Å². The van der Waals surface area contributed by atoms with Crippen molar-refractivity contribution in [3.05, 3.63) is 78.8 Å². The molecule has 0 fully saturated rings. The summed E-state index contributed by atoms with van der Waals surface area (Å²) in [5, 5.41) is 8.85. The van der Waals surface area contributed by atoms with Gasteiger partial charge in [0, 0.05) is 23.1 Å². The molecule has 0 radical (unpaired) electrons. The van der Waals surface area contributed by atoms with E-state index in [2.05, 4.69) is 41.4 Å². The summed E-state index contributed by atoms with van der Waals surface area (Å²) in [6, 6.07) is 10.0. The number of hydrogen-bond donors (Lipinski definition) is 2. The maximum absolute atomic E-state index is 5.54. The summed E-state index contributed by atoms with van der Waals surface area (Å²) >= 11 is 1.31. The average molecular weight is 338 g/mol. The van der Waals surface area contributed by atoms with Crippen LogP contribution in [0, 0.1) is 0 Å². The van der Waals surface area contributed by atoms with E-state index in [0.29, 0.717) is 0 Å². The van der Waals surface area contributed by atoms with E-state index in [1.54, 1.807) is 12.4 Å². The zero-order chi connectivity index (χ0) is 17.4. The Labute approximate surface area is 147 Å². The third-order valence-corrected chi connectivity index (χ3v) is 3.98. The minimum atomic E-state index is 0.733. The molecule has 24 heavy (non-hydrogen) atoms. The number of allylic oxidation sites excluding steroid dienone is 4. The van der Waals surface area contributed by atoms with Crippen molar-refractivity contribution in [2.45, 2.75) is 19.1 Å². The van der Waals surface area contributed by atoms with Crippen LogP contribution >= 0.6 is 11.9 Å². The monoisotopic (exact) mass is 338 g/mol. The molecule has 0 saturated heterocycles. The quantitative estimate of drug-likeness (QED) is 0.531. The molecule has 0 aliphatic heterocycles. The van der Waals surface area contributed by atoms with Crippen LogP contribution in [0.3, 0.4) is 0 Å². The molecule has 0 amide bonds. The van der Waals surface area contributed by atoms with Gasteiger partial charge >= 0.3 is 0 Å². The molecule has 5 heteroatoms. The van der Waals surface area contributed by atoms with Gasteiger partial charge in [-0.05, 0) is 29.7 Å². The molecule has 3 N–H and O–H groups in total. The van der Waals surface area contributed by atoms with Gasteiger partial charge in [0.05, 0.1) is 5.69 Å². The Bertz CT molecular complexity index is 753. The molecular weight excluding hydrogens is 316 g/mol. The number of rotatable bonds is 8. The first-order valence-electron chi connectivity index (χ1n) is 7.68. The first kappa shape index (κ1) is 18.0. The highest BCUT2D eigenvalue weighted by atomic mass is 32.2. The van der Waals surface area contributed by atoms with E-state index in [9.17, 15) is 0 Å². The van der Waals surface area contributed by atoms with Gasteiger partial charge in [0.2, 0.25) is 0 Å². The summed E-state index contributed by atoms with van der Waals surface area (Å²) in [6.07, 6.45) is 6.08. The minimum Gasteiger partial charge on any atom is -0.340 e. The van der Waals surface area contributed by atoms with Crippen LogP contribution < -0.4 is 10.5 Å². The molecule has 0 aliphatic rings. The summed E-state index contributed by atoms with van der Waals surface area (Å²) < 4.78 is 0. The molecule has 124 valence electrons. The van der Waals surface area contributed by atoms with Crippen molar-refractivity contribution in [2.75, 3.05) is 5.32 Å². The molecule has 4 nitrogen and oxygen atoms in total. The summed E-state index contributed by atoms with van der Waals surface area (Å²) in [7, 11) is 0. The third kappa shape index (κ3) is 4.81. The van der Waals surface area contributed by atoms with Gasteiger partial charge in [0.1, 0.15) is 12.1 Å². The topological polar surface area (TPSA) is 63.8 Å². The number of anilines is 2. The fourth-order valence-electron chi connectivity index (χ4n) is 2.25. The fraction of sp³-hybridized carbons (Fsp3) is 0.158. The van der Waals surface area contributed by atoms with Gasteiger partial charge in [0.15, 0.2) is 0 Å². The van der Waals surface area contributed by atoms with Crippen molar-refractivity contribution < 1.29 is 0 Å². The summed E-state index contributed by atoms with van der Waals surface area (Å²) in [5.74, 6) is 1.50. The van der Waals surface area contributed by atoms with Crippen LogP contribution in [0.25, 0.3) is 5.57 Å². The van der Waals surface area contributed by atoms with Gasteiger partial charge in [0.25, 0.3) is 0 Å². The number of benzene rings is 1. The molecule has 0 aliphatic carbocycles. The Morgan fingerprint density at radius 1 is 1.33 bits per heavy atom. The van der Waals surface area contributed by atoms with E-state index < -0.39 is 0 Å². The summed E-state index contributed by atoms with van der Waals surface area (Å²) in [5.41, 5.74) is 4.95. The second-order valence-corrected chi connectivity index (χ2v) is 5.82. The first-order valence-corrected chi connectivity index (χ1v) is 8.73. The normalized spacial score (nSPS) is 11.2. The highest BCUT2D eigenvalue weighted by molar-refractivity contribution is 7.96. The van der Waals surface area contributed by atoms with Crippen molar-refractivity contribution in [2.24, 2.45) is 5.14 Å². The standard InChI is InChI=1S/C19H22N4S/c1-4-7-17(14(3)5-2)18-11-19(22-13-21-18)23-16-9-6-8-15(10-16)12-24-20/h4,6-11,13H,1,3,5,12,20H2,2H3,(H,21,22,23)/b17-7+. The Morgan fingerprint density at radius 2 is 2.17 bits per heavy atom. The van der Waals surface area contributed by atoms with Gasteiger partial charge in [-0.25, -0.2) is 9.97 Å². The van der Waals surface area contributed by atoms with E-state index >= 15 is 0 Å². The lowest BCUT2D eigenvalue weighted by Crippen LogP contribution is -1.99. The predicted octanol–water partition coefficient (Wildman–Crippen LogP) is 4.86. The van der Waals surface area contributed by atoms with Crippen LogP contribution in [0.2, 0.25) is 0 Å². The Hall–Kier alpha value is -2.37. The van der Waals surface area contributed by atoms with Crippen LogP contribution in [-0.2, 0) is 5.75 Å². The lowest BCUT2D eigenvalue weighted by molar-refractivity contribution is 1.11. The molecule has 1 aromatic heterocycles. The third-order valence-electron chi connectivity index (χ3n) is 3.48. The maximum atomic E-state index is 5.54. The lowest BCUT2D eigenvalue weighted by atomic mass is 10.0. The van der Waals surface area contributed by atoms with Gasteiger partial charge in [-0.15, -0.1) is 0 Å². The minimum absolute atomic E-state index is 0.733. The number of nitrogens with two attached hydrogens (primary N) is 1. The van der Waals surface area contributed by atoms with Crippen molar-refractivity contribution >= 4 is 29.0 Å². The largest absolute Gasteiger partial charge is 0.340 e. The van der Waals surface area contributed by atoms with E-state index in [0.717, 1.165) is 46.1 Å². The van der Waals surface area contributed by atoms with Gasteiger partial charge < -0.3 is 5.32 Å². The molecule has 0 spiro atoms. The van der Waals surface area contributed by atoms with Gasteiger partial charge in [-0.1, -0.05) is 56.3 Å². The zero-order valence-corrected chi connectivity index (χ0v) is 14.6. The van der Waals surface area contributed by atoms with E-state index in [4.69, 9.17) is 5.14 Å². The highest BCUT2D eigenvalue weighted by Crippen LogP contribution is 2.25.